The van der Waals surface area contributed by atoms with Crippen LogP contribution in [0.3, 0.4) is 0 Å². The Morgan fingerprint density at radius 3 is 2.57 bits per heavy atom. The van der Waals surface area contributed by atoms with Crippen LogP contribution >= 0.6 is 15.9 Å². The van der Waals surface area contributed by atoms with Crippen LogP contribution < -0.4 is 9.30 Å². The smallest absolute Gasteiger partial charge is 0.410 e. The molecule has 0 unspecified atom stereocenters. The Hall–Kier alpha value is -2.53. The Labute approximate surface area is 142 Å². The third kappa shape index (κ3) is 4.02. The highest BCUT2D eigenvalue weighted by Crippen LogP contribution is 2.16. The number of hydrogen-bond acceptors (Lipinski definition) is 3. The van der Waals surface area contributed by atoms with Crippen molar-refractivity contribution in [1.29, 1.82) is 0 Å². The maximum atomic E-state index is 12.4. The van der Waals surface area contributed by atoms with Crippen molar-refractivity contribution in [3.8, 4) is 5.75 Å². The standard InChI is InChI=1S/C18H14BrN2O2/c19-15-6-8-16(9-7-15)23-18(22)17-12-20-10-11-21(17)13-14-4-2-1-3-5-14/h1-12H,13H2/q+1. The van der Waals surface area contributed by atoms with E-state index in [9.17, 15) is 4.79 Å². The molecule has 114 valence electrons. The molecule has 0 fully saturated rings. The third-order valence-corrected chi connectivity index (χ3v) is 3.80. The number of ether oxygens (including phenoxy) is 1. The second kappa shape index (κ2) is 7.15. The van der Waals surface area contributed by atoms with Gasteiger partial charge in [-0.25, -0.2) is 4.79 Å². The number of carbonyl (C=O) groups is 1. The summed E-state index contributed by atoms with van der Waals surface area (Å²) in [5, 5.41) is 0. The van der Waals surface area contributed by atoms with Crippen molar-refractivity contribution in [2.75, 3.05) is 0 Å². The highest BCUT2D eigenvalue weighted by atomic mass is 79.9. The van der Waals surface area contributed by atoms with Gasteiger partial charge in [-0.15, -0.1) is 0 Å². The minimum absolute atomic E-state index is 0.402. The van der Waals surface area contributed by atoms with E-state index in [0.717, 1.165) is 10.0 Å². The fourth-order valence-electron chi connectivity index (χ4n) is 2.14. The van der Waals surface area contributed by atoms with Gasteiger partial charge in [-0.3, -0.25) is 4.98 Å². The van der Waals surface area contributed by atoms with Crippen LogP contribution in [0.2, 0.25) is 0 Å². The van der Waals surface area contributed by atoms with Gasteiger partial charge in [0.1, 0.15) is 11.9 Å². The van der Waals surface area contributed by atoms with E-state index in [1.165, 1.54) is 6.20 Å². The molecule has 0 saturated carbocycles. The summed E-state index contributed by atoms with van der Waals surface area (Å²) in [5.74, 6) is 0.0599. The van der Waals surface area contributed by atoms with Crippen molar-refractivity contribution >= 4 is 21.9 Å². The van der Waals surface area contributed by atoms with E-state index in [1.807, 2.05) is 47.0 Å². The fraction of sp³-hybridized carbons (Fsp3) is 0.0556. The second-order valence-corrected chi connectivity index (χ2v) is 5.83. The van der Waals surface area contributed by atoms with E-state index >= 15 is 0 Å². The first kappa shape index (κ1) is 15.4. The first-order chi connectivity index (χ1) is 11.2. The summed E-state index contributed by atoms with van der Waals surface area (Å²) in [6.45, 7) is 0.578. The number of hydrogen-bond donors (Lipinski definition) is 0. The first-order valence-corrected chi connectivity index (χ1v) is 7.87. The van der Waals surface area contributed by atoms with E-state index in [4.69, 9.17) is 4.74 Å². The summed E-state index contributed by atoms with van der Waals surface area (Å²) >= 11 is 3.35. The molecule has 5 heteroatoms. The van der Waals surface area contributed by atoms with Crippen molar-refractivity contribution < 1.29 is 14.1 Å². The van der Waals surface area contributed by atoms with Crippen LogP contribution in [0.25, 0.3) is 0 Å². The predicted molar refractivity (Wildman–Crippen MR) is 89.1 cm³/mol. The number of halogens is 1. The van der Waals surface area contributed by atoms with Gasteiger partial charge in [0.25, 0.3) is 0 Å². The molecule has 0 aliphatic heterocycles. The lowest BCUT2D eigenvalue weighted by Crippen LogP contribution is -2.42. The summed E-state index contributed by atoms with van der Waals surface area (Å²) in [4.78, 5) is 16.4. The van der Waals surface area contributed by atoms with Gasteiger partial charge in [-0.05, 0) is 24.3 Å². The zero-order valence-electron chi connectivity index (χ0n) is 12.2. The van der Waals surface area contributed by atoms with E-state index in [0.29, 0.717) is 18.0 Å². The summed E-state index contributed by atoms with van der Waals surface area (Å²) < 4.78 is 8.16. The van der Waals surface area contributed by atoms with Gasteiger partial charge < -0.3 is 4.74 Å². The van der Waals surface area contributed by atoms with E-state index in [2.05, 4.69) is 20.9 Å². The second-order valence-electron chi connectivity index (χ2n) is 4.92. The molecule has 0 amide bonds. The van der Waals surface area contributed by atoms with Crippen LogP contribution in [0.5, 0.6) is 5.75 Å². The lowest BCUT2D eigenvalue weighted by Gasteiger charge is -2.05. The summed E-state index contributed by atoms with van der Waals surface area (Å²) in [7, 11) is 0. The van der Waals surface area contributed by atoms with Gasteiger partial charge in [-0.1, -0.05) is 46.3 Å². The topological polar surface area (TPSA) is 43.1 Å². The molecule has 0 aliphatic carbocycles. The molecule has 23 heavy (non-hydrogen) atoms. The number of benzene rings is 2. The predicted octanol–water partition coefficient (Wildman–Crippen LogP) is 3.40. The van der Waals surface area contributed by atoms with Gasteiger partial charge in [0.15, 0.2) is 12.7 Å². The largest absolute Gasteiger partial charge is 0.419 e. The number of esters is 1. The van der Waals surface area contributed by atoms with Crippen LogP contribution in [-0.4, -0.2) is 11.0 Å². The number of aromatic nitrogens is 2. The van der Waals surface area contributed by atoms with Gasteiger partial charge in [0.05, 0.1) is 6.20 Å². The van der Waals surface area contributed by atoms with E-state index in [-0.39, 0.29) is 0 Å². The van der Waals surface area contributed by atoms with Crippen molar-refractivity contribution in [1.82, 2.24) is 4.98 Å². The summed E-state index contributed by atoms with van der Waals surface area (Å²) in [6.07, 6.45) is 4.94. The minimum atomic E-state index is -0.434. The maximum absolute atomic E-state index is 12.4. The van der Waals surface area contributed by atoms with Crippen LogP contribution in [-0.2, 0) is 6.54 Å². The SMILES string of the molecule is O=C(Oc1ccc(Br)cc1)c1cncc[n+]1Cc1ccccc1. The molecule has 1 heterocycles. The van der Waals surface area contributed by atoms with Gasteiger partial charge in [-0.2, -0.15) is 4.57 Å². The van der Waals surface area contributed by atoms with Crippen molar-refractivity contribution in [3.63, 3.8) is 0 Å². The molecule has 0 radical (unpaired) electrons. The summed E-state index contributed by atoms with van der Waals surface area (Å²) in [6, 6.07) is 17.0. The number of nitrogens with zero attached hydrogens (tertiary/aromatic N) is 2. The van der Waals surface area contributed by atoms with Gasteiger partial charge in [0.2, 0.25) is 0 Å². The number of rotatable bonds is 4. The highest BCUT2D eigenvalue weighted by Gasteiger charge is 2.22. The molecule has 0 spiro atoms. The maximum Gasteiger partial charge on any atom is 0.410 e. The molecular formula is C18H14BrN2O2+. The summed E-state index contributed by atoms with van der Waals surface area (Å²) in [5.41, 5.74) is 1.50. The van der Waals surface area contributed by atoms with Crippen molar-refractivity contribution in [2.45, 2.75) is 6.54 Å². The molecule has 0 bridgehead atoms. The quantitative estimate of drug-likeness (QED) is 0.402. The molecule has 0 aliphatic rings. The zero-order chi connectivity index (χ0) is 16.1. The Balaban J connectivity index is 1.82. The molecule has 3 aromatic rings. The van der Waals surface area contributed by atoms with Crippen LogP contribution in [0.4, 0.5) is 0 Å². The Morgan fingerprint density at radius 2 is 1.83 bits per heavy atom. The highest BCUT2D eigenvalue weighted by molar-refractivity contribution is 9.10. The fourth-order valence-corrected chi connectivity index (χ4v) is 2.40. The van der Waals surface area contributed by atoms with Crippen molar-refractivity contribution in [2.24, 2.45) is 0 Å². The van der Waals surface area contributed by atoms with Crippen molar-refractivity contribution in [3.05, 3.63) is 88.9 Å². The molecule has 3 rings (SSSR count). The van der Waals surface area contributed by atoms with Gasteiger partial charge in [0, 0.05) is 10.0 Å². The Morgan fingerprint density at radius 1 is 1.09 bits per heavy atom. The molecule has 1 aromatic heterocycles. The third-order valence-electron chi connectivity index (χ3n) is 3.27. The molecular weight excluding hydrogens is 356 g/mol. The minimum Gasteiger partial charge on any atom is -0.419 e. The van der Waals surface area contributed by atoms with Crippen LogP contribution in [0.1, 0.15) is 16.1 Å². The van der Waals surface area contributed by atoms with E-state index < -0.39 is 5.97 Å². The first-order valence-electron chi connectivity index (χ1n) is 7.07. The Bertz CT molecular complexity index is 805. The molecule has 0 saturated heterocycles. The van der Waals surface area contributed by atoms with E-state index in [1.54, 1.807) is 24.5 Å². The normalized spacial score (nSPS) is 10.3. The van der Waals surface area contributed by atoms with Crippen LogP contribution in [0.15, 0.2) is 77.7 Å². The molecule has 2 aromatic carbocycles. The Kier molecular flexibility index (Phi) is 4.78. The lowest BCUT2D eigenvalue weighted by atomic mass is 10.2. The number of carbonyl (C=O) groups excluding carboxylic acids is 1. The monoisotopic (exact) mass is 369 g/mol. The lowest BCUT2D eigenvalue weighted by molar-refractivity contribution is -0.691. The molecule has 4 nitrogen and oxygen atoms in total. The van der Waals surface area contributed by atoms with Gasteiger partial charge >= 0.3 is 11.7 Å². The zero-order valence-corrected chi connectivity index (χ0v) is 13.8. The average Bonchev–Trinajstić information content (AvgIpc) is 2.58. The molecule has 0 atom stereocenters. The average molecular weight is 370 g/mol. The molecule has 0 N–H and O–H groups in total. The van der Waals surface area contributed by atoms with Crippen LogP contribution in [0, 0.1) is 0 Å².